The van der Waals surface area contributed by atoms with E-state index in [1.165, 1.54) is 36.4 Å². The maximum atomic E-state index is 13.3. The molecule has 10 nitrogen and oxygen atoms in total. The first-order valence-corrected chi connectivity index (χ1v) is 14.5. The zero-order valence-electron chi connectivity index (χ0n) is 23.2. The molecule has 1 saturated heterocycles. The van der Waals surface area contributed by atoms with E-state index in [-0.39, 0.29) is 47.4 Å². The molecule has 42 heavy (non-hydrogen) atoms. The summed E-state index contributed by atoms with van der Waals surface area (Å²) in [6.45, 7) is 5.78. The molecule has 0 radical (unpaired) electrons. The van der Waals surface area contributed by atoms with Crippen molar-refractivity contribution in [2.24, 2.45) is 4.99 Å². The zero-order chi connectivity index (χ0) is 31.1. The number of aliphatic imine (C=N–C) groups is 1. The number of amides is 1. The van der Waals surface area contributed by atoms with Gasteiger partial charge in [-0.25, -0.2) is 13.1 Å². The molecule has 14 heteroatoms. The Morgan fingerprint density at radius 2 is 1.95 bits per heavy atom. The molecule has 3 N–H and O–H groups in total. The largest absolute Gasteiger partial charge is 0.493 e. The molecule has 2 aromatic rings. The number of unbranched alkanes of at least 4 members (excludes halogenated alkanes) is 1. The van der Waals surface area contributed by atoms with Crippen LogP contribution in [0, 0.1) is 16.7 Å². The number of amidine groups is 1. The number of carbonyl (C=O) groups excluding carboxylic acids is 1. The summed E-state index contributed by atoms with van der Waals surface area (Å²) in [4.78, 5) is 17.9. The minimum absolute atomic E-state index is 0.0427. The molecule has 1 heterocycles. The van der Waals surface area contributed by atoms with Crippen molar-refractivity contribution in [1.82, 2.24) is 10.0 Å². The quantitative estimate of drug-likeness (QED) is 0.197. The molecular formula is C28H31F3N6O4S. The van der Waals surface area contributed by atoms with Crippen molar-refractivity contribution in [3.8, 4) is 11.8 Å². The summed E-state index contributed by atoms with van der Waals surface area (Å²) < 4.78 is 74.3. The number of halogens is 3. The fourth-order valence-corrected chi connectivity index (χ4v) is 5.30. The molecule has 0 aromatic heterocycles. The zero-order valence-corrected chi connectivity index (χ0v) is 24.1. The van der Waals surface area contributed by atoms with Gasteiger partial charge >= 0.3 is 6.18 Å². The molecule has 0 bridgehead atoms. The van der Waals surface area contributed by atoms with E-state index < -0.39 is 39.3 Å². The highest BCUT2D eigenvalue weighted by Crippen LogP contribution is 2.35. The van der Waals surface area contributed by atoms with Gasteiger partial charge in [0, 0.05) is 36.8 Å². The number of benzene rings is 2. The van der Waals surface area contributed by atoms with Crippen molar-refractivity contribution < 1.29 is 31.1 Å². The van der Waals surface area contributed by atoms with Crippen LogP contribution < -0.4 is 19.7 Å². The lowest BCUT2D eigenvalue weighted by Crippen LogP contribution is -2.59. The summed E-state index contributed by atoms with van der Waals surface area (Å²) in [6, 6.07) is 8.15. The van der Waals surface area contributed by atoms with Crippen LogP contribution in [0.2, 0.25) is 0 Å². The van der Waals surface area contributed by atoms with Gasteiger partial charge in [0.15, 0.2) is 0 Å². The predicted octanol–water partition coefficient (Wildman–Crippen LogP) is 4.36. The van der Waals surface area contributed by atoms with Crippen LogP contribution in [0.4, 0.5) is 18.9 Å². The van der Waals surface area contributed by atoms with Crippen LogP contribution in [0.1, 0.15) is 50.3 Å². The van der Waals surface area contributed by atoms with Crippen molar-refractivity contribution >= 4 is 33.7 Å². The molecule has 0 unspecified atom stereocenters. The Bertz CT molecular complexity index is 1540. The van der Waals surface area contributed by atoms with Crippen LogP contribution >= 0.6 is 0 Å². The van der Waals surface area contributed by atoms with Crippen LogP contribution in [-0.4, -0.2) is 52.1 Å². The van der Waals surface area contributed by atoms with Gasteiger partial charge in [0.2, 0.25) is 10.0 Å². The molecule has 224 valence electrons. The standard InChI is InChI=1S/C28H31F3N6O4S/c1-4-6-11-34-18(3)12-26(38)35-27(33)23-14-22(9-10-25(23)41-5-2)42(39,40)36-20-16-37(17-20)21-8-7-19(15-32)24(13-21)28(29,30)31/h7-14,20,36H,4-6,16-17H2,1-3H3,(H2,33,35,38)/b18-12+,34-11?. The van der Waals surface area contributed by atoms with Gasteiger partial charge in [-0.1, -0.05) is 13.3 Å². The highest BCUT2D eigenvalue weighted by Gasteiger charge is 2.36. The minimum Gasteiger partial charge on any atom is -0.493 e. The monoisotopic (exact) mass is 604 g/mol. The van der Waals surface area contributed by atoms with E-state index in [2.05, 4.69) is 15.0 Å². The Morgan fingerprint density at radius 3 is 2.57 bits per heavy atom. The van der Waals surface area contributed by atoms with Crippen molar-refractivity contribution in [3.63, 3.8) is 0 Å². The van der Waals surface area contributed by atoms with Crippen molar-refractivity contribution in [2.75, 3.05) is 24.6 Å². The van der Waals surface area contributed by atoms with Gasteiger partial charge in [-0.05, 0) is 56.7 Å². The van der Waals surface area contributed by atoms with Gasteiger partial charge in [0.05, 0.1) is 40.3 Å². The third-order valence-corrected chi connectivity index (χ3v) is 7.65. The van der Waals surface area contributed by atoms with Crippen LogP contribution in [0.25, 0.3) is 0 Å². The molecule has 3 rings (SSSR count). The van der Waals surface area contributed by atoms with Crippen molar-refractivity contribution in [3.05, 3.63) is 64.9 Å². The molecule has 0 saturated carbocycles. The fourth-order valence-electron chi connectivity index (χ4n) is 4.06. The number of nitriles is 1. The molecule has 0 atom stereocenters. The van der Waals surface area contributed by atoms with Crippen molar-refractivity contribution in [1.29, 1.82) is 10.7 Å². The molecular weight excluding hydrogens is 573 g/mol. The van der Waals surface area contributed by atoms with Gasteiger partial charge in [-0.2, -0.15) is 18.4 Å². The highest BCUT2D eigenvalue weighted by atomic mass is 32.2. The second-order valence-corrected chi connectivity index (χ2v) is 11.1. The maximum absolute atomic E-state index is 13.3. The molecule has 1 amide bonds. The first-order chi connectivity index (χ1) is 19.8. The number of ether oxygens (including phenoxy) is 1. The van der Waals surface area contributed by atoms with Gasteiger partial charge in [-0.3, -0.25) is 15.2 Å². The van der Waals surface area contributed by atoms with Gasteiger partial charge in [0.25, 0.3) is 5.91 Å². The van der Waals surface area contributed by atoms with Crippen LogP contribution in [0.3, 0.4) is 0 Å². The lowest BCUT2D eigenvalue weighted by molar-refractivity contribution is -0.137. The van der Waals surface area contributed by atoms with E-state index in [0.29, 0.717) is 5.70 Å². The Morgan fingerprint density at radius 1 is 1.24 bits per heavy atom. The Kier molecular flexibility index (Phi) is 10.5. The summed E-state index contributed by atoms with van der Waals surface area (Å²) in [5, 5.41) is 19.8. The summed E-state index contributed by atoms with van der Waals surface area (Å²) in [5.41, 5.74) is -0.864. The molecule has 1 aliphatic rings. The Balaban J connectivity index is 1.73. The molecule has 1 fully saturated rings. The number of rotatable bonds is 11. The third-order valence-electron chi connectivity index (χ3n) is 6.13. The predicted molar refractivity (Wildman–Crippen MR) is 152 cm³/mol. The van der Waals surface area contributed by atoms with E-state index in [1.807, 2.05) is 6.92 Å². The van der Waals surface area contributed by atoms with E-state index >= 15 is 0 Å². The molecule has 0 spiro atoms. The molecule has 1 aliphatic heterocycles. The number of nitrogens with zero attached hydrogens (tertiary/aromatic N) is 3. The maximum Gasteiger partial charge on any atom is 0.417 e. The fraction of sp³-hybridized carbons (Fsp3) is 0.357. The Hall–Kier alpha value is -4.22. The number of nitrogens with one attached hydrogen (secondary N) is 3. The number of sulfonamides is 1. The first-order valence-electron chi connectivity index (χ1n) is 13.0. The smallest absolute Gasteiger partial charge is 0.417 e. The summed E-state index contributed by atoms with van der Waals surface area (Å²) >= 11 is 0. The van der Waals surface area contributed by atoms with Crippen LogP contribution in [0.15, 0.2) is 58.1 Å². The van der Waals surface area contributed by atoms with Gasteiger partial charge < -0.3 is 15.0 Å². The van der Waals surface area contributed by atoms with E-state index in [0.717, 1.165) is 25.0 Å². The topological polar surface area (TPSA) is 148 Å². The third kappa shape index (κ3) is 8.17. The first kappa shape index (κ1) is 32.3. The van der Waals surface area contributed by atoms with E-state index in [9.17, 15) is 26.4 Å². The molecule has 2 aromatic carbocycles. The van der Waals surface area contributed by atoms with E-state index in [4.69, 9.17) is 15.4 Å². The Labute approximate surface area is 242 Å². The molecule has 0 aliphatic carbocycles. The number of anilines is 1. The number of allylic oxidation sites excluding steroid dienone is 1. The van der Waals surface area contributed by atoms with Crippen molar-refractivity contribution in [2.45, 2.75) is 50.7 Å². The summed E-state index contributed by atoms with van der Waals surface area (Å²) in [7, 11) is -4.11. The highest BCUT2D eigenvalue weighted by molar-refractivity contribution is 7.89. The second-order valence-electron chi connectivity index (χ2n) is 9.40. The van der Waals surface area contributed by atoms with Crippen LogP contribution in [0.5, 0.6) is 5.75 Å². The second kappa shape index (κ2) is 13.6. The van der Waals surface area contributed by atoms with Gasteiger partial charge in [0.1, 0.15) is 11.6 Å². The van der Waals surface area contributed by atoms with E-state index in [1.54, 1.807) is 25.0 Å². The lowest BCUT2D eigenvalue weighted by Gasteiger charge is -2.41. The average molecular weight is 605 g/mol. The number of hydrogen-bond acceptors (Lipinski definition) is 8. The summed E-state index contributed by atoms with van der Waals surface area (Å²) in [5.74, 6) is -0.802. The number of alkyl halides is 3. The van der Waals surface area contributed by atoms with Crippen LogP contribution in [-0.2, 0) is 21.0 Å². The average Bonchev–Trinajstić information content (AvgIpc) is 2.90. The normalized spacial score (nSPS) is 14.4. The number of hydrogen-bond donors (Lipinski definition) is 3. The lowest BCUT2D eigenvalue weighted by atomic mass is 10.0. The number of carbonyl (C=O) groups is 1. The van der Waals surface area contributed by atoms with Gasteiger partial charge in [-0.15, -0.1) is 0 Å². The summed E-state index contributed by atoms with van der Waals surface area (Å²) in [6.07, 6.45) is -0.144. The SMILES string of the molecule is CCCC=N/C(C)=C/C(=O)NC(=N)c1cc(S(=O)(=O)NC2CN(c3ccc(C#N)c(C(F)(F)F)c3)C2)ccc1OCC. The minimum atomic E-state index is -4.71.